The van der Waals surface area contributed by atoms with Crippen molar-refractivity contribution >= 4 is 12.3 Å². The number of ether oxygens (including phenoxy) is 1. The van der Waals surface area contributed by atoms with Crippen molar-refractivity contribution in [2.75, 3.05) is 7.11 Å². The molecule has 1 aromatic rings. The number of hydrogen-bond donors (Lipinski definition) is 0. The van der Waals surface area contributed by atoms with Crippen molar-refractivity contribution in [2.24, 2.45) is 0 Å². The van der Waals surface area contributed by atoms with Crippen LogP contribution in [0.15, 0.2) is 18.2 Å². The molecule has 0 aromatic heterocycles. The van der Waals surface area contributed by atoms with Crippen molar-refractivity contribution in [3.8, 4) is 0 Å². The number of rotatable bonds is 5. The van der Waals surface area contributed by atoms with Crippen LogP contribution in [0.2, 0.25) is 0 Å². The van der Waals surface area contributed by atoms with E-state index in [0.717, 1.165) is 23.0 Å². The van der Waals surface area contributed by atoms with Gasteiger partial charge in [0.1, 0.15) is 6.29 Å². The highest BCUT2D eigenvalue weighted by Crippen LogP contribution is 2.16. The van der Waals surface area contributed by atoms with E-state index in [0.29, 0.717) is 12.8 Å². The lowest BCUT2D eigenvalue weighted by Gasteiger charge is -2.10. The molecule has 1 rings (SSSR count). The van der Waals surface area contributed by atoms with Crippen LogP contribution in [-0.4, -0.2) is 19.4 Å². The smallest absolute Gasteiger partial charge is 0.309 e. The fraction of sp³-hybridized carbons (Fsp3) is 0.385. The van der Waals surface area contributed by atoms with Gasteiger partial charge in [0.15, 0.2) is 0 Å². The molecule has 0 saturated carbocycles. The number of aldehydes is 1. The second-order valence-electron chi connectivity index (χ2n) is 3.67. The van der Waals surface area contributed by atoms with E-state index in [2.05, 4.69) is 4.74 Å². The quantitative estimate of drug-likeness (QED) is 0.561. The first-order valence-corrected chi connectivity index (χ1v) is 5.27. The number of methoxy groups -OCH3 is 1. The van der Waals surface area contributed by atoms with Crippen molar-refractivity contribution < 1.29 is 14.3 Å². The maximum Gasteiger partial charge on any atom is 0.309 e. The number of esters is 1. The largest absolute Gasteiger partial charge is 0.469 e. The summed E-state index contributed by atoms with van der Waals surface area (Å²) >= 11 is 0. The summed E-state index contributed by atoms with van der Waals surface area (Å²) in [6.07, 6.45) is 2.33. The molecule has 0 radical (unpaired) electrons. The van der Waals surface area contributed by atoms with Crippen molar-refractivity contribution in [3.63, 3.8) is 0 Å². The molecule has 0 aliphatic heterocycles. The SMILES string of the molecule is COC(=O)Cc1c(C)cccc1CCC=O. The lowest BCUT2D eigenvalue weighted by atomic mass is 9.96. The molecule has 0 spiro atoms. The van der Waals surface area contributed by atoms with E-state index in [1.165, 1.54) is 7.11 Å². The number of hydrogen-bond acceptors (Lipinski definition) is 3. The first kappa shape index (κ1) is 12.4. The molecule has 0 aliphatic rings. The van der Waals surface area contributed by atoms with Crippen molar-refractivity contribution in [3.05, 3.63) is 34.9 Å². The van der Waals surface area contributed by atoms with E-state index in [1.54, 1.807) is 0 Å². The summed E-state index contributed by atoms with van der Waals surface area (Å²) in [6.45, 7) is 1.96. The van der Waals surface area contributed by atoms with Gasteiger partial charge in [-0.3, -0.25) is 4.79 Å². The zero-order chi connectivity index (χ0) is 12.0. The Hall–Kier alpha value is -1.64. The van der Waals surface area contributed by atoms with Gasteiger partial charge in [-0.05, 0) is 30.0 Å². The lowest BCUT2D eigenvalue weighted by Crippen LogP contribution is -2.08. The standard InChI is InChI=1S/C13H16O3/c1-10-5-3-6-11(7-4-8-14)12(10)9-13(15)16-2/h3,5-6,8H,4,7,9H2,1-2H3. The predicted molar refractivity (Wildman–Crippen MR) is 61.3 cm³/mol. The molecular weight excluding hydrogens is 204 g/mol. The van der Waals surface area contributed by atoms with Crippen LogP contribution in [-0.2, 0) is 27.2 Å². The second-order valence-corrected chi connectivity index (χ2v) is 3.67. The Balaban J connectivity index is 2.93. The Morgan fingerprint density at radius 1 is 1.44 bits per heavy atom. The molecule has 0 unspecified atom stereocenters. The summed E-state index contributed by atoms with van der Waals surface area (Å²) in [6, 6.07) is 5.85. The first-order chi connectivity index (χ1) is 7.69. The Morgan fingerprint density at radius 2 is 2.19 bits per heavy atom. The maximum absolute atomic E-state index is 11.3. The van der Waals surface area contributed by atoms with Gasteiger partial charge in [-0.25, -0.2) is 0 Å². The molecular formula is C13H16O3. The summed E-state index contributed by atoms with van der Waals surface area (Å²) in [5.41, 5.74) is 3.10. The van der Waals surface area contributed by atoms with Crippen molar-refractivity contribution in [1.82, 2.24) is 0 Å². The van der Waals surface area contributed by atoms with Gasteiger partial charge in [0.25, 0.3) is 0 Å². The highest BCUT2D eigenvalue weighted by Gasteiger charge is 2.10. The van der Waals surface area contributed by atoms with Gasteiger partial charge in [-0.15, -0.1) is 0 Å². The summed E-state index contributed by atoms with van der Waals surface area (Å²) in [4.78, 5) is 21.6. The number of carbonyl (C=O) groups is 2. The van der Waals surface area contributed by atoms with Crippen molar-refractivity contribution in [1.29, 1.82) is 0 Å². The summed E-state index contributed by atoms with van der Waals surface area (Å²) in [5.74, 6) is -0.248. The molecule has 3 heteroatoms. The lowest BCUT2D eigenvalue weighted by molar-refractivity contribution is -0.139. The summed E-state index contributed by atoms with van der Waals surface area (Å²) in [7, 11) is 1.38. The van der Waals surface area contributed by atoms with Crippen LogP contribution in [0.1, 0.15) is 23.1 Å². The number of benzene rings is 1. The normalized spacial score (nSPS) is 9.88. The summed E-state index contributed by atoms with van der Waals surface area (Å²) in [5, 5.41) is 0. The maximum atomic E-state index is 11.3. The Morgan fingerprint density at radius 3 is 2.81 bits per heavy atom. The Labute approximate surface area is 95.4 Å². The van der Waals surface area contributed by atoms with Gasteiger partial charge in [-0.2, -0.15) is 0 Å². The molecule has 0 saturated heterocycles. The number of carbonyl (C=O) groups excluding carboxylic acids is 2. The van der Waals surface area contributed by atoms with E-state index >= 15 is 0 Å². The third-order valence-corrected chi connectivity index (χ3v) is 2.59. The van der Waals surface area contributed by atoms with Crippen molar-refractivity contribution in [2.45, 2.75) is 26.2 Å². The molecule has 0 atom stereocenters. The van der Waals surface area contributed by atoms with Crippen LogP contribution < -0.4 is 0 Å². The zero-order valence-corrected chi connectivity index (χ0v) is 9.66. The molecule has 0 N–H and O–H groups in total. The third kappa shape index (κ3) is 3.19. The minimum Gasteiger partial charge on any atom is -0.469 e. The van der Waals surface area contributed by atoms with Gasteiger partial charge in [0.2, 0.25) is 0 Å². The molecule has 1 aromatic carbocycles. The van der Waals surface area contributed by atoms with Gasteiger partial charge >= 0.3 is 5.97 Å². The highest BCUT2D eigenvalue weighted by atomic mass is 16.5. The molecule has 0 bridgehead atoms. The topological polar surface area (TPSA) is 43.4 Å². The van der Waals surface area contributed by atoms with E-state index in [4.69, 9.17) is 0 Å². The van der Waals surface area contributed by atoms with Crippen LogP contribution in [0.3, 0.4) is 0 Å². The van der Waals surface area contributed by atoms with Crippen LogP contribution in [0.25, 0.3) is 0 Å². The van der Waals surface area contributed by atoms with Crippen LogP contribution in [0.5, 0.6) is 0 Å². The average Bonchev–Trinajstić information content (AvgIpc) is 2.29. The van der Waals surface area contributed by atoms with E-state index < -0.39 is 0 Å². The molecule has 0 amide bonds. The predicted octanol–water partition coefficient (Wildman–Crippen LogP) is 1.84. The molecule has 3 nitrogen and oxygen atoms in total. The fourth-order valence-corrected chi connectivity index (χ4v) is 1.68. The van der Waals surface area contributed by atoms with Gasteiger partial charge in [-0.1, -0.05) is 18.2 Å². The molecule has 86 valence electrons. The monoisotopic (exact) mass is 220 g/mol. The third-order valence-electron chi connectivity index (χ3n) is 2.59. The summed E-state index contributed by atoms with van der Waals surface area (Å²) < 4.78 is 4.66. The molecule has 16 heavy (non-hydrogen) atoms. The zero-order valence-electron chi connectivity index (χ0n) is 9.66. The first-order valence-electron chi connectivity index (χ1n) is 5.27. The minimum absolute atomic E-state index is 0.248. The van der Waals surface area contributed by atoms with Gasteiger partial charge in [0, 0.05) is 6.42 Å². The minimum atomic E-state index is -0.248. The van der Waals surface area contributed by atoms with Crippen LogP contribution in [0, 0.1) is 6.92 Å². The van der Waals surface area contributed by atoms with E-state index in [1.807, 2.05) is 25.1 Å². The van der Waals surface area contributed by atoms with Gasteiger partial charge in [0.05, 0.1) is 13.5 Å². The highest BCUT2D eigenvalue weighted by molar-refractivity contribution is 5.73. The molecule has 0 aliphatic carbocycles. The molecule has 0 fully saturated rings. The van der Waals surface area contributed by atoms with Crippen LogP contribution in [0.4, 0.5) is 0 Å². The fourth-order valence-electron chi connectivity index (χ4n) is 1.68. The Bertz CT molecular complexity index is 383. The average molecular weight is 220 g/mol. The molecule has 0 heterocycles. The number of aryl methyl sites for hydroxylation is 2. The van der Waals surface area contributed by atoms with Crippen LogP contribution >= 0.6 is 0 Å². The van der Waals surface area contributed by atoms with E-state index in [9.17, 15) is 9.59 Å². The van der Waals surface area contributed by atoms with E-state index in [-0.39, 0.29) is 12.4 Å². The van der Waals surface area contributed by atoms with Gasteiger partial charge < -0.3 is 9.53 Å². The second kappa shape index (κ2) is 6.05. The Kier molecular flexibility index (Phi) is 4.70.